The molecule has 0 unspecified atom stereocenters. The van der Waals surface area contributed by atoms with Crippen molar-refractivity contribution >= 4 is 40.6 Å². The molecule has 2 N–H and O–H groups in total. The summed E-state index contributed by atoms with van der Waals surface area (Å²) in [6, 6.07) is 16.2. The fourth-order valence-electron chi connectivity index (χ4n) is 1.96. The molecule has 0 fully saturated rings. The topological polar surface area (TPSA) is 93.0 Å². The maximum atomic E-state index is 11.5. The summed E-state index contributed by atoms with van der Waals surface area (Å²) in [7, 11) is 0. The lowest BCUT2D eigenvalue weighted by molar-refractivity contribution is -0.387. The highest BCUT2D eigenvalue weighted by atomic mass is 35.5. The van der Waals surface area contributed by atoms with Gasteiger partial charge in [0.05, 0.1) is 10.6 Å². The molecule has 7 nitrogen and oxygen atoms in total. The Morgan fingerprint density at radius 2 is 1.72 bits per heavy atom. The van der Waals surface area contributed by atoms with Gasteiger partial charge in [-0.1, -0.05) is 41.6 Å². The quantitative estimate of drug-likeness (QED) is 0.369. The lowest BCUT2D eigenvalue weighted by Crippen LogP contribution is -2.12. The zero-order valence-electron chi connectivity index (χ0n) is 12.7. The first-order valence-corrected chi connectivity index (χ1v) is 8.33. The first-order chi connectivity index (χ1) is 12.1. The number of nitrogens with one attached hydrogen (secondary N) is 2. The van der Waals surface area contributed by atoms with E-state index in [0.717, 1.165) is 10.6 Å². The number of hydrogen-bond donors (Lipinski definition) is 2. The summed E-state index contributed by atoms with van der Waals surface area (Å²) in [6.07, 6.45) is 1.28. The molecule has 0 radical (unpaired) electrons. The average Bonchev–Trinajstić information content (AvgIpc) is 2.62. The fraction of sp³-hybridized carbons (Fsp3) is 0. The van der Waals surface area contributed by atoms with Gasteiger partial charge in [-0.15, -0.1) is 0 Å². The van der Waals surface area contributed by atoms with Crippen LogP contribution in [0.2, 0.25) is 5.02 Å². The van der Waals surface area contributed by atoms with Gasteiger partial charge in [0.25, 0.3) is 0 Å². The van der Waals surface area contributed by atoms with Crippen molar-refractivity contribution in [3.05, 3.63) is 76.1 Å². The molecule has 1 heterocycles. The molecule has 126 valence electrons. The third-order valence-electron chi connectivity index (χ3n) is 3.10. The van der Waals surface area contributed by atoms with E-state index in [2.05, 4.69) is 20.8 Å². The summed E-state index contributed by atoms with van der Waals surface area (Å²) in [5.74, 6) is 0.0836. The number of hydrogen-bond acceptors (Lipinski definition) is 7. The number of halogens is 1. The molecular formula is C16H12ClN5O2S. The maximum Gasteiger partial charge on any atom is 0.345 e. The van der Waals surface area contributed by atoms with Crippen LogP contribution in [0.4, 0.5) is 17.2 Å². The van der Waals surface area contributed by atoms with E-state index in [4.69, 9.17) is 11.6 Å². The fourth-order valence-corrected chi connectivity index (χ4v) is 2.95. The summed E-state index contributed by atoms with van der Waals surface area (Å²) >= 11 is 7.03. The van der Waals surface area contributed by atoms with Gasteiger partial charge in [-0.05, 0) is 36.4 Å². The van der Waals surface area contributed by atoms with Gasteiger partial charge in [0, 0.05) is 9.92 Å². The molecular weight excluding hydrogens is 362 g/mol. The van der Waals surface area contributed by atoms with Crippen molar-refractivity contribution in [1.29, 1.82) is 0 Å². The van der Waals surface area contributed by atoms with Gasteiger partial charge >= 0.3 is 5.69 Å². The Labute approximate surface area is 152 Å². The van der Waals surface area contributed by atoms with Gasteiger partial charge in [0.1, 0.15) is 6.33 Å². The molecule has 0 saturated carbocycles. The molecule has 2 aromatic carbocycles. The van der Waals surface area contributed by atoms with Crippen molar-refractivity contribution in [2.24, 2.45) is 0 Å². The second-order valence-corrected chi connectivity index (χ2v) is 6.30. The highest BCUT2D eigenvalue weighted by molar-refractivity contribution is 7.99. The number of anilines is 2. The van der Waals surface area contributed by atoms with Crippen LogP contribution in [0.15, 0.2) is 70.8 Å². The highest BCUT2D eigenvalue weighted by Gasteiger charge is 2.23. The van der Waals surface area contributed by atoms with Crippen molar-refractivity contribution in [2.45, 2.75) is 9.92 Å². The van der Waals surface area contributed by atoms with Crippen LogP contribution in [0.3, 0.4) is 0 Å². The molecule has 0 saturated heterocycles. The molecule has 1 aromatic heterocycles. The number of nitro groups is 1. The molecule has 0 spiro atoms. The summed E-state index contributed by atoms with van der Waals surface area (Å²) < 4.78 is 0. The van der Waals surface area contributed by atoms with Crippen LogP contribution in [0.5, 0.6) is 0 Å². The molecule has 0 amide bonds. The second kappa shape index (κ2) is 7.82. The second-order valence-electron chi connectivity index (χ2n) is 4.81. The molecule has 25 heavy (non-hydrogen) atoms. The highest BCUT2D eigenvalue weighted by Crippen LogP contribution is 2.36. The van der Waals surface area contributed by atoms with Crippen molar-refractivity contribution < 1.29 is 4.92 Å². The molecule has 0 aliphatic heterocycles. The summed E-state index contributed by atoms with van der Waals surface area (Å²) in [5, 5.41) is 12.4. The Balaban J connectivity index is 1.86. The zero-order valence-corrected chi connectivity index (χ0v) is 14.3. The maximum absolute atomic E-state index is 11.5. The van der Waals surface area contributed by atoms with Crippen LogP contribution in [-0.2, 0) is 0 Å². The van der Waals surface area contributed by atoms with E-state index in [9.17, 15) is 10.1 Å². The minimum atomic E-state index is -0.507. The van der Waals surface area contributed by atoms with Crippen LogP contribution < -0.4 is 10.9 Å². The van der Waals surface area contributed by atoms with E-state index in [1.54, 1.807) is 24.3 Å². The third-order valence-corrected chi connectivity index (χ3v) is 4.35. The van der Waals surface area contributed by atoms with Gasteiger partial charge in [-0.3, -0.25) is 21.0 Å². The Hall–Kier alpha value is -2.84. The van der Waals surface area contributed by atoms with E-state index in [-0.39, 0.29) is 16.5 Å². The Morgan fingerprint density at radius 3 is 2.40 bits per heavy atom. The molecule has 0 bridgehead atoms. The molecule has 3 rings (SSSR count). The van der Waals surface area contributed by atoms with Crippen LogP contribution in [0.1, 0.15) is 0 Å². The van der Waals surface area contributed by atoms with Gasteiger partial charge in [0.2, 0.25) is 5.82 Å². The van der Waals surface area contributed by atoms with E-state index in [1.807, 2.05) is 30.3 Å². The van der Waals surface area contributed by atoms with Gasteiger partial charge in [-0.25, -0.2) is 9.97 Å². The SMILES string of the molecule is O=[N+]([O-])c1c(NNc2ccccc2)ncnc1Sc1ccc(Cl)cc1. The van der Waals surface area contributed by atoms with E-state index < -0.39 is 4.92 Å². The number of rotatable bonds is 6. The first-order valence-electron chi connectivity index (χ1n) is 7.13. The Morgan fingerprint density at radius 1 is 1.00 bits per heavy atom. The smallest absolute Gasteiger partial charge is 0.299 e. The molecule has 0 atom stereocenters. The van der Waals surface area contributed by atoms with Crippen molar-refractivity contribution in [3.8, 4) is 0 Å². The zero-order chi connectivity index (χ0) is 17.6. The van der Waals surface area contributed by atoms with Crippen LogP contribution in [0, 0.1) is 10.1 Å². The molecule has 3 aromatic rings. The van der Waals surface area contributed by atoms with E-state index >= 15 is 0 Å². The third kappa shape index (κ3) is 4.37. The van der Waals surface area contributed by atoms with E-state index in [0.29, 0.717) is 5.02 Å². The number of hydrazine groups is 1. The van der Waals surface area contributed by atoms with Crippen molar-refractivity contribution in [3.63, 3.8) is 0 Å². The number of nitrogens with zero attached hydrogens (tertiary/aromatic N) is 3. The van der Waals surface area contributed by atoms with Gasteiger partial charge in [0.15, 0.2) is 5.03 Å². The number of aromatic nitrogens is 2. The van der Waals surface area contributed by atoms with Crippen LogP contribution in [0.25, 0.3) is 0 Å². The summed E-state index contributed by atoms with van der Waals surface area (Å²) in [6.45, 7) is 0. The molecule has 9 heteroatoms. The standard InChI is InChI=1S/C16H12ClN5O2S/c17-11-6-8-13(9-7-11)25-16-14(22(23)24)15(18-10-19-16)21-20-12-4-2-1-3-5-12/h1-10,20H,(H,18,19,21). The monoisotopic (exact) mass is 373 g/mol. The van der Waals surface area contributed by atoms with Crippen LogP contribution >= 0.6 is 23.4 Å². The number of benzene rings is 2. The minimum Gasteiger partial charge on any atom is -0.299 e. The van der Waals surface area contributed by atoms with Crippen molar-refractivity contribution in [2.75, 3.05) is 10.9 Å². The predicted octanol–water partition coefficient (Wildman–Crippen LogP) is 4.63. The Kier molecular flexibility index (Phi) is 5.32. The normalized spacial score (nSPS) is 10.3. The lowest BCUT2D eigenvalue weighted by Gasteiger charge is -2.10. The average molecular weight is 374 g/mol. The minimum absolute atomic E-state index is 0.0836. The van der Waals surface area contributed by atoms with Gasteiger partial charge in [-0.2, -0.15) is 0 Å². The lowest BCUT2D eigenvalue weighted by atomic mass is 10.3. The Bertz CT molecular complexity index is 877. The largest absolute Gasteiger partial charge is 0.345 e. The molecule has 0 aliphatic rings. The molecule has 0 aliphatic carbocycles. The summed E-state index contributed by atoms with van der Waals surface area (Å²) in [4.78, 5) is 19.8. The van der Waals surface area contributed by atoms with E-state index in [1.165, 1.54) is 18.1 Å². The first kappa shape index (κ1) is 17.0. The van der Waals surface area contributed by atoms with Crippen molar-refractivity contribution in [1.82, 2.24) is 9.97 Å². The predicted molar refractivity (Wildman–Crippen MR) is 97.9 cm³/mol. The van der Waals surface area contributed by atoms with Crippen LogP contribution in [-0.4, -0.2) is 14.9 Å². The summed E-state index contributed by atoms with van der Waals surface area (Å²) in [5.41, 5.74) is 6.20. The van der Waals surface area contributed by atoms with Gasteiger partial charge < -0.3 is 0 Å². The number of para-hydroxylation sites is 1.